The zero-order valence-electron chi connectivity index (χ0n) is 9.28. The van der Waals surface area contributed by atoms with Gasteiger partial charge < -0.3 is 9.72 Å². The summed E-state index contributed by atoms with van der Waals surface area (Å²) in [4.78, 5) is 7.17. The van der Waals surface area contributed by atoms with Crippen LogP contribution in [0.15, 0.2) is 30.6 Å². The van der Waals surface area contributed by atoms with Crippen molar-refractivity contribution in [3.8, 4) is 5.75 Å². The van der Waals surface area contributed by atoms with E-state index in [9.17, 15) is 0 Å². The van der Waals surface area contributed by atoms with Crippen LogP contribution in [-0.4, -0.2) is 17.1 Å². The van der Waals surface area contributed by atoms with Crippen molar-refractivity contribution < 1.29 is 4.74 Å². The van der Waals surface area contributed by atoms with Gasteiger partial charge in [0.05, 0.1) is 12.5 Å². The fourth-order valence-corrected chi connectivity index (χ4v) is 2.14. The van der Waals surface area contributed by atoms with E-state index in [-0.39, 0.29) is 5.38 Å². The maximum absolute atomic E-state index is 6.35. The third-order valence-electron chi connectivity index (χ3n) is 2.46. The number of H-pyrrole nitrogens is 1. The van der Waals surface area contributed by atoms with Crippen LogP contribution in [0.1, 0.15) is 16.8 Å². The van der Waals surface area contributed by atoms with E-state index >= 15 is 0 Å². The van der Waals surface area contributed by atoms with Crippen LogP contribution in [0, 0.1) is 0 Å². The third kappa shape index (κ3) is 2.93. The zero-order chi connectivity index (χ0) is 12.3. The number of aromatic amines is 1. The zero-order valence-corrected chi connectivity index (χ0v) is 10.8. The van der Waals surface area contributed by atoms with Crippen molar-refractivity contribution in [1.82, 2.24) is 9.97 Å². The van der Waals surface area contributed by atoms with Crippen LogP contribution in [0.25, 0.3) is 0 Å². The van der Waals surface area contributed by atoms with Crippen molar-refractivity contribution in [2.24, 2.45) is 0 Å². The van der Waals surface area contributed by atoms with Crippen molar-refractivity contribution in [2.75, 3.05) is 7.11 Å². The molecular weight excluding hydrogens is 259 g/mol. The maximum Gasteiger partial charge on any atom is 0.123 e. The van der Waals surface area contributed by atoms with Gasteiger partial charge in [0, 0.05) is 29.4 Å². The first-order valence-corrected chi connectivity index (χ1v) is 5.98. The minimum Gasteiger partial charge on any atom is -0.496 e. The molecule has 0 radical (unpaired) electrons. The van der Waals surface area contributed by atoms with Crippen molar-refractivity contribution >= 4 is 23.2 Å². The fraction of sp³-hybridized carbons (Fsp3) is 0.250. The summed E-state index contributed by atoms with van der Waals surface area (Å²) in [7, 11) is 1.61. The molecule has 0 amide bonds. The molecule has 1 unspecified atom stereocenters. The van der Waals surface area contributed by atoms with Gasteiger partial charge in [-0.2, -0.15) is 0 Å². The Hall–Kier alpha value is -1.19. The molecule has 1 aromatic carbocycles. The lowest BCUT2D eigenvalue weighted by Crippen LogP contribution is -2.00. The minimum atomic E-state index is -0.227. The van der Waals surface area contributed by atoms with E-state index in [4.69, 9.17) is 27.9 Å². The van der Waals surface area contributed by atoms with E-state index in [0.717, 1.165) is 17.1 Å². The van der Waals surface area contributed by atoms with E-state index in [1.54, 1.807) is 25.6 Å². The van der Waals surface area contributed by atoms with Crippen molar-refractivity contribution in [1.29, 1.82) is 0 Å². The number of rotatable bonds is 4. The predicted molar refractivity (Wildman–Crippen MR) is 68.9 cm³/mol. The second-order valence-corrected chi connectivity index (χ2v) is 4.56. The molecule has 0 bridgehead atoms. The number of nitrogens with one attached hydrogen (secondary N) is 1. The van der Waals surface area contributed by atoms with Gasteiger partial charge in [-0.15, -0.1) is 11.6 Å². The second-order valence-electron chi connectivity index (χ2n) is 3.59. The predicted octanol–water partition coefficient (Wildman–Crippen LogP) is 3.59. The molecule has 1 atom stereocenters. The first-order valence-electron chi connectivity index (χ1n) is 5.16. The molecule has 2 aromatic rings. The molecule has 1 N–H and O–H groups in total. The average Bonchev–Trinajstić information content (AvgIpc) is 2.81. The number of ether oxygens (including phenoxy) is 1. The lowest BCUT2D eigenvalue weighted by atomic mass is 10.1. The highest BCUT2D eigenvalue weighted by Crippen LogP contribution is 2.33. The van der Waals surface area contributed by atoms with Crippen LogP contribution in [0.2, 0.25) is 5.02 Å². The molecule has 1 aromatic heterocycles. The van der Waals surface area contributed by atoms with Gasteiger partial charge in [0.15, 0.2) is 0 Å². The highest BCUT2D eigenvalue weighted by molar-refractivity contribution is 6.31. The summed E-state index contributed by atoms with van der Waals surface area (Å²) < 4.78 is 5.27. The first-order chi connectivity index (χ1) is 8.20. The second kappa shape index (κ2) is 5.43. The molecule has 17 heavy (non-hydrogen) atoms. The number of hydrogen-bond acceptors (Lipinski definition) is 2. The summed E-state index contributed by atoms with van der Waals surface area (Å²) in [6.45, 7) is 0. The number of nitrogens with zero attached hydrogens (tertiary/aromatic N) is 1. The van der Waals surface area contributed by atoms with E-state index in [1.807, 2.05) is 12.1 Å². The topological polar surface area (TPSA) is 37.9 Å². The van der Waals surface area contributed by atoms with Crippen molar-refractivity contribution in [3.05, 3.63) is 47.0 Å². The molecule has 0 saturated carbocycles. The summed E-state index contributed by atoms with van der Waals surface area (Å²) >= 11 is 12.3. The van der Waals surface area contributed by atoms with Crippen LogP contribution < -0.4 is 4.74 Å². The molecule has 0 aliphatic rings. The smallest absolute Gasteiger partial charge is 0.123 e. The van der Waals surface area contributed by atoms with Gasteiger partial charge in [0.1, 0.15) is 11.6 Å². The fourth-order valence-electron chi connectivity index (χ4n) is 1.64. The molecule has 5 heteroatoms. The summed E-state index contributed by atoms with van der Waals surface area (Å²) in [5.41, 5.74) is 0.873. The van der Waals surface area contributed by atoms with Gasteiger partial charge in [-0.3, -0.25) is 0 Å². The highest BCUT2D eigenvalue weighted by atomic mass is 35.5. The van der Waals surface area contributed by atoms with Crippen LogP contribution in [0.4, 0.5) is 0 Å². The summed E-state index contributed by atoms with van der Waals surface area (Å²) in [6, 6.07) is 5.41. The number of halogens is 2. The molecule has 0 aliphatic heterocycles. The van der Waals surface area contributed by atoms with Crippen LogP contribution in [-0.2, 0) is 6.42 Å². The number of methoxy groups -OCH3 is 1. The maximum atomic E-state index is 6.35. The van der Waals surface area contributed by atoms with Crippen molar-refractivity contribution in [2.45, 2.75) is 11.8 Å². The minimum absolute atomic E-state index is 0.227. The van der Waals surface area contributed by atoms with Gasteiger partial charge in [0.2, 0.25) is 0 Å². The number of aromatic nitrogens is 2. The normalized spacial score (nSPS) is 12.4. The Balaban J connectivity index is 2.23. The standard InChI is InChI=1S/C12H12Cl2N2O/c1-17-11-3-2-8(13)6-9(11)10(14)7-12-15-4-5-16-12/h2-6,10H,7H2,1H3,(H,15,16). The molecule has 90 valence electrons. The van der Waals surface area contributed by atoms with Gasteiger partial charge in [0.25, 0.3) is 0 Å². The van der Waals surface area contributed by atoms with E-state index in [2.05, 4.69) is 9.97 Å². The Bertz CT molecular complexity index is 485. The average molecular weight is 271 g/mol. The van der Waals surface area contributed by atoms with Gasteiger partial charge in [-0.25, -0.2) is 4.98 Å². The first kappa shape index (κ1) is 12.3. The number of alkyl halides is 1. The summed E-state index contributed by atoms with van der Waals surface area (Å²) in [6.07, 6.45) is 4.08. The Morgan fingerprint density at radius 2 is 2.29 bits per heavy atom. The quantitative estimate of drug-likeness (QED) is 0.863. The van der Waals surface area contributed by atoms with Gasteiger partial charge >= 0.3 is 0 Å². The van der Waals surface area contributed by atoms with Crippen molar-refractivity contribution in [3.63, 3.8) is 0 Å². The number of imidazole rings is 1. The van der Waals surface area contributed by atoms with Gasteiger partial charge in [-0.05, 0) is 18.2 Å². The molecule has 1 heterocycles. The van der Waals surface area contributed by atoms with Gasteiger partial charge in [-0.1, -0.05) is 11.6 Å². The van der Waals surface area contributed by atoms with Crippen LogP contribution >= 0.6 is 23.2 Å². The Kier molecular flexibility index (Phi) is 3.92. The Labute approximate surface area is 110 Å². The van der Waals surface area contributed by atoms with Crippen LogP contribution in [0.3, 0.4) is 0 Å². The third-order valence-corrected chi connectivity index (χ3v) is 3.08. The van der Waals surface area contributed by atoms with E-state index in [1.165, 1.54) is 0 Å². The number of benzene rings is 1. The largest absolute Gasteiger partial charge is 0.496 e. The highest BCUT2D eigenvalue weighted by Gasteiger charge is 2.15. The molecule has 0 aliphatic carbocycles. The molecule has 0 spiro atoms. The molecule has 2 rings (SSSR count). The van der Waals surface area contributed by atoms with E-state index < -0.39 is 0 Å². The molecule has 0 saturated heterocycles. The Morgan fingerprint density at radius 1 is 1.47 bits per heavy atom. The summed E-state index contributed by atoms with van der Waals surface area (Å²) in [5, 5.41) is 0.417. The molecule has 0 fully saturated rings. The monoisotopic (exact) mass is 270 g/mol. The lowest BCUT2D eigenvalue weighted by Gasteiger charge is -2.13. The number of hydrogen-bond donors (Lipinski definition) is 1. The van der Waals surface area contributed by atoms with E-state index in [0.29, 0.717) is 11.4 Å². The summed E-state index contributed by atoms with van der Waals surface area (Å²) in [5.74, 6) is 1.58. The molecular formula is C12H12Cl2N2O. The molecule has 3 nitrogen and oxygen atoms in total. The Morgan fingerprint density at radius 3 is 2.94 bits per heavy atom. The SMILES string of the molecule is COc1ccc(Cl)cc1C(Cl)Cc1ncc[nH]1. The van der Waals surface area contributed by atoms with Crippen LogP contribution in [0.5, 0.6) is 5.75 Å². The lowest BCUT2D eigenvalue weighted by molar-refractivity contribution is 0.409.